The second kappa shape index (κ2) is 5.33. The molecular formula is C13H9ClN2O. The van der Waals surface area contributed by atoms with Gasteiger partial charge in [0.05, 0.1) is 11.6 Å². The van der Waals surface area contributed by atoms with Gasteiger partial charge in [-0.15, -0.1) is 0 Å². The van der Waals surface area contributed by atoms with E-state index >= 15 is 0 Å². The fourth-order valence-corrected chi connectivity index (χ4v) is 1.49. The summed E-state index contributed by atoms with van der Waals surface area (Å²) >= 11 is 5.90. The average molecular weight is 245 g/mol. The van der Waals surface area contributed by atoms with Gasteiger partial charge in [0, 0.05) is 11.8 Å². The monoisotopic (exact) mass is 244 g/mol. The van der Waals surface area contributed by atoms with Crippen LogP contribution in [0.3, 0.4) is 0 Å². The molecule has 1 aromatic carbocycles. The van der Waals surface area contributed by atoms with Gasteiger partial charge < -0.3 is 4.74 Å². The first-order chi connectivity index (χ1) is 8.29. The molecule has 0 bridgehead atoms. The van der Waals surface area contributed by atoms with Crippen LogP contribution in [0.25, 0.3) is 0 Å². The molecule has 84 valence electrons. The molecular weight excluding hydrogens is 236 g/mol. The Kier molecular flexibility index (Phi) is 3.59. The van der Waals surface area contributed by atoms with Gasteiger partial charge in [-0.1, -0.05) is 17.7 Å². The van der Waals surface area contributed by atoms with E-state index in [-0.39, 0.29) is 0 Å². The SMILES string of the molecule is N#Cc1ccc(OCc2cccnc2Cl)cc1. The van der Waals surface area contributed by atoms with E-state index in [4.69, 9.17) is 21.6 Å². The molecule has 0 amide bonds. The fraction of sp³-hybridized carbons (Fsp3) is 0.0769. The first kappa shape index (κ1) is 11.4. The van der Waals surface area contributed by atoms with Crippen molar-refractivity contribution in [3.8, 4) is 11.8 Å². The topological polar surface area (TPSA) is 45.9 Å². The zero-order valence-corrected chi connectivity index (χ0v) is 9.69. The number of aromatic nitrogens is 1. The van der Waals surface area contributed by atoms with Gasteiger partial charge in [-0.2, -0.15) is 5.26 Å². The Morgan fingerprint density at radius 2 is 2.00 bits per heavy atom. The molecule has 0 saturated heterocycles. The van der Waals surface area contributed by atoms with Crippen LogP contribution in [-0.2, 0) is 6.61 Å². The average Bonchev–Trinajstić information content (AvgIpc) is 2.38. The van der Waals surface area contributed by atoms with E-state index in [0.29, 0.717) is 23.1 Å². The van der Waals surface area contributed by atoms with Crippen LogP contribution in [0.2, 0.25) is 5.15 Å². The minimum atomic E-state index is 0.360. The highest BCUT2D eigenvalue weighted by Gasteiger charge is 2.01. The maximum atomic E-state index is 8.66. The van der Waals surface area contributed by atoms with Crippen molar-refractivity contribution in [1.82, 2.24) is 4.98 Å². The molecule has 0 N–H and O–H groups in total. The van der Waals surface area contributed by atoms with Crippen LogP contribution in [0.1, 0.15) is 11.1 Å². The predicted octanol–water partition coefficient (Wildman–Crippen LogP) is 3.19. The van der Waals surface area contributed by atoms with Crippen LogP contribution >= 0.6 is 11.6 Å². The van der Waals surface area contributed by atoms with Crippen LogP contribution in [0.15, 0.2) is 42.6 Å². The molecule has 0 radical (unpaired) electrons. The first-order valence-electron chi connectivity index (χ1n) is 5.02. The molecule has 1 aromatic heterocycles. The van der Waals surface area contributed by atoms with Crippen molar-refractivity contribution in [1.29, 1.82) is 5.26 Å². The molecule has 2 aromatic rings. The van der Waals surface area contributed by atoms with Crippen molar-refractivity contribution >= 4 is 11.6 Å². The summed E-state index contributed by atoms with van der Waals surface area (Å²) < 4.78 is 5.54. The van der Waals surface area contributed by atoms with E-state index in [1.54, 1.807) is 30.5 Å². The molecule has 2 rings (SSSR count). The van der Waals surface area contributed by atoms with Crippen LogP contribution in [-0.4, -0.2) is 4.98 Å². The standard InChI is InChI=1S/C13H9ClN2O/c14-13-11(2-1-7-16-13)9-17-12-5-3-10(8-15)4-6-12/h1-7H,9H2. The number of benzene rings is 1. The van der Waals surface area contributed by atoms with Gasteiger partial charge in [-0.05, 0) is 30.3 Å². The van der Waals surface area contributed by atoms with E-state index in [1.807, 2.05) is 12.1 Å². The number of nitriles is 1. The normalized spacial score (nSPS) is 9.65. The first-order valence-corrected chi connectivity index (χ1v) is 5.40. The van der Waals surface area contributed by atoms with E-state index in [2.05, 4.69) is 11.1 Å². The lowest BCUT2D eigenvalue weighted by molar-refractivity contribution is 0.306. The summed E-state index contributed by atoms with van der Waals surface area (Å²) in [5, 5.41) is 9.10. The van der Waals surface area contributed by atoms with Crippen LogP contribution in [0.4, 0.5) is 0 Å². The molecule has 0 aliphatic carbocycles. The summed E-state index contributed by atoms with van der Waals surface area (Å²) in [6.07, 6.45) is 1.63. The van der Waals surface area contributed by atoms with Gasteiger partial charge in [0.2, 0.25) is 0 Å². The van der Waals surface area contributed by atoms with E-state index < -0.39 is 0 Å². The number of pyridine rings is 1. The number of nitrogens with zero attached hydrogens (tertiary/aromatic N) is 2. The van der Waals surface area contributed by atoms with Crippen molar-refractivity contribution in [2.24, 2.45) is 0 Å². The molecule has 1 heterocycles. The van der Waals surface area contributed by atoms with E-state index in [1.165, 1.54) is 0 Å². The maximum Gasteiger partial charge on any atom is 0.135 e. The highest BCUT2D eigenvalue weighted by molar-refractivity contribution is 6.30. The Morgan fingerprint density at radius 1 is 1.24 bits per heavy atom. The molecule has 0 saturated carbocycles. The van der Waals surface area contributed by atoms with Gasteiger partial charge in [0.15, 0.2) is 0 Å². The molecule has 4 heteroatoms. The van der Waals surface area contributed by atoms with Crippen molar-refractivity contribution in [3.63, 3.8) is 0 Å². The minimum absolute atomic E-state index is 0.360. The number of rotatable bonds is 3. The smallest absolute Gasteiger partial charge is 0.135 e. The molecule has 0 aliphatic rings. The highest BCUT2D eigenvalue weighted by Crippen LogP contribution is 2.16. The third kappa shape index (κ3) is 2.96. The predicted molar refractivity (Wildman–Crippen MR) is 64.7 cm³/mol. The van der Waals surface area contributed by atoms with E-state index in [9.17, 15) is 0 Å². The Balaban J connectivity index is 2.03. The van der Waals surface area contributed by atoms with Gasteiger partial charge in [-0.3, -0.25) is 0 Å². The number of halogens is 1. The van der Waals surface area contributed by atoms with Crippen LogP contribution in [0, 0.1) is 11.3 Å². The maximum absolute atomic E-state index is 8.66. The third-order valence-corrected chi connectivity index (χ3v) is 2.55. The van der Waals surface area contributed by atoms with Crippen molar-refractivity contribution < 1.29 is 4.74 Å². The van der Waals surface area contributed by atoms with Crippen molar-refractivity contribution in [2.75, 3.05) is 0 Å². The van der Waals surface area contributed by atoms with Gasteiger partial charge in [-0.25, -0.2) is 4.98 Å². The quantitative estimate of drug-likeness (QED) is 0.779. The van der Waals surface area contributed by atoms with Gasteiger partial charge in [0.1, 0.15) is 17.5 Å². The van der Waals surface area contributed by atoms with E-state index in [0.717, 1.165) is 5.56 Å². The molecule has 0 aliphatic heterocycles. The summed E-state index contributed by atoms with van der Waals surface area (Å²) in [5.41, 5.74) is 1.44. The lowest BCUT2D eigenvalue weighted by Gasteiger charge is -2.06. The molecule has 0 spiro atoms. The summed E-state index contributed by atoms with van der Waals surface area (Å²) in [6.45, 7) is 0.360. The summed E-state index contributed by atoms with van der Waals surface area (Å²) in [4.78, 5) is 3.96. The molecule has 17 heavy (non-hydrogen) atoms. The van der Waals surface area contributed by atoms with Crippen molar-refractivity contribution in [2.45, 2.75) is 6.61 Å². The molecule has 0 fully saturated rings. The molecule has 0 atom stereocenters. The summed E-state index contributed by atoms with van der Waals surface area (Å²) in [5.74, 6) is 0.698. The summed E-state index contributed by atoms with van der Waals surface area (Å²) in [6, 6.07) is 12.6. The zero-order valence-electron chi connectivity index (χ0n) is 8.93. The van der Waals surface area contributed by atoms with Crippen LogP contribution < -0.4 is 4.74 Å². The Hall–Kier alpha value is -2.05. The highest BCUT2D eigenvalue weighted by atomic mass is 35.5. The van der Waals surface area contributed by atoms with Gasteiger partial charge >= 0.3 is 0 Å². The lowest BCUT2D eigenvalue weighted by atomic mass is 10.2. The fourth-order valence-electron chi connectivity index (χ4n) is 1.31. The largest absolute Gasteiger partial charge is 0.489 e. The van der Waals surface area contributed by atoms with Crippen molar-refractivity contribution in [3.05, 3.63) is 58.9 Å². The number of ether oxygens (including phenoxy) is 1. The molecule has 3 nitrogen and oxygen atoms in total. The molecule has 0 unspecified atom stereocenters. The zero-order chi connectivity index (χ0) is 12.1. The second-order valence-corrected chi connectivity index (χ2v) is 3.74. The van der Waals surface area contributed by atoms with Crippen LogP contribution in [0.5, 0.6) is 5.75 Å². The Labute approximate surface area is 104 Å². The minimum Gasteiger partial charge on any atom is -0.489 e. The Bertz CT molecular complexity index is 546. The summed E-state index contributed by atoms with van der Waals surface area (Å²) in [7, 11) is 0. The third-order valence-electron chi connectivity index (χ3n) is 2.21. The second-order valence-electron chi connectivity index (χ2n) is 3.38. The number of hydrogen-bond acceptors (Lipinski definition) is 3. The lowest BCUT2D eigenvalue weighted by Crippen LogP contribution is -1.97. The van der Waals surface area contributed by atoms with Gasteiger partial charge in [0.25, 0.3) is 0 Å². The number of hydrogen-bond donors (Lipinski definition) is 0. The Morgan fingerprint density at radius 3 is 2.65 bits per heavy atom.